The molecule has 6 heteroatoms. The van der Waals surface area contributed by atoms with E-state index < -0.39 is 12.0 Å². The van der Waals surface area contributed by atoms with E-state index in [1.54, 1.807) is 18.2 Å². The fourth-order valence-corrected chi connectivity index (χ4v) is 1.64. The summed E-state index contributed by atoms with van der Waals surface area (Å²) in [6.07, 6.45) is -0.142. The van der Waals surface area contributed by atoms with Gasteiger partial charge in [-0.1, -0.05) is 23.2 Å². The predicted octanol–water partition coefficient (Wildman–Crippen LogP) is 2.89. The van der Waals surface area contributed by atoms with Crippen LogP contribution in [0.4, 0.5) is 0 Å². The van der Waals surface area contributed by atoms with Gasteiger partial charge in [0, 0.05) is 16.1 Å². The highest BCUT2D eigenvalue weighted by Gasteiger charge is 2.11. The van der Waals surface area contributed by atoms with E-state index in [0.717, 1.165) is 0 Å². The summed E-state index contributed by atoms with van der Waals surface area (Å²) in [5, 5.41) is 9.44. The number of carboxylic acids is 1. The van der Waals surface area contributed by atoms with E-state index in [0.29, 0.717) is 15.6 Å². The zero-order valence-corrected chi connectivity index (χ0v) is 9.94. The zero-order chi connectivity index (χ0) is 10.7. The number of hydrogen-bond donors (Lipinski definition) is 2. The molecule has 15 heavy (non-hydrogen) atoms. The highest BCUT2D eigenvalue weighted by molar-refractivity contribution is 6.34. The highest BCUT2D eigenvalue weighted by atomic mass is 35.5. The summed E-state index contributed by atoms with van der Waals surface area (Å²) in [4.78, 5) is 10.4. The molecule has 0 heterocycles. The molecular formula is C9H10Cl3NO2. The Balaban J connectivity index is 0.00000196. The van der Waals surface area contributed by atoms with Crippen LogP contribution in [0.1, 0.15) is 18.0 Å². The van der Waals surface area contributed by atoms with Crippen LogP contribution in [0.2, 0.25) is 10.0 Å². The summed E-state index contributed by atoms with van der Waals surface area (Å²) in [6, 6.07) is 4.21. The summed E-state index contributed by atoms with van der Waals surface area (Å²) >= 11 is 11.5. The Morgan fingerprint density at radius 1 is 1.33 bits per heavy atom. The van der Waals surface area contributed by atoms with Crippen molar-refractivity contribution < 1.29 is 9.90 Å². The second-order valence-corrected chi connectivity index (χ2v) is 3.78. The molecule has 0 spiro atoms. The monoisotopic (exact) mass is 269 g/mol. The van der Waals surface area contributed by atoms with Gasteiger partial charge in [-0.25, -0.2) is 0 Å². The summed E-state index contributed by atoms with van der Waals surface area (Å²) in [5.74, 6) is -0.950. The van der Waals surface area contributed by atoms with Gasteiger partial charge in [0.1, 0.15) is 0 Å². The van der Waals surface area contributed by atoms with E-state index in [9.17, 15) is 4.79 Å². The van der Waals surface area contributed by atoms with Gasteiger partial charge in [0.2, 0.25) is 0 Å². The molecule has 0 unspecified atom stereocenters. The highest BCUT2D eigenvalue weighted by Crippen LogP contribution is 2.23. The normalized spacial score (nSPS) is 11.7. The van der Waals surface area contributed by atoms with Crippen molar-refractivity contribution in [3.05, 3.63) is 33.8 Å². The minimum absolute atomic E-state index is 0. The smallest absolute Gasteiger partial charge is 0.305 e. The van der Waals surface area contributed by atoms with Crippen molar-refractivity contribution in [3.8, 4) is 0 Å². The van der Waals surface area contributed by atoms with E-state index in [-0.39, 0.29) is 18.8 Å². The number of carboxylic acid groups (broad SMARTS) is 1. The third-order valence-electron chi connectivity index (χ3n) is 1.71. The lowest BCUT2D eigenvalue weighted by Gasteiger charge is -2.09. The van der Waals surface area contributed by atoms with Crippen LogP contribution < -0.4 is 5.73 Å². The molecule has 0 bridgehead atoms. The van der Waals surface area contributed by atoms with Gasteiger partial charge >= 0.3 is 5.97 Å². The molecule has 1 atom stereocenters. The first-order valence-electron chi connectivity index (χ1n) is 3.92. The van der Waals surface area contributed by atoms with Crippen LogP contribution in [0.3, 0.4) is 0 Å². The molecule has 1 aromatic carbocycles. The minimum atomic E-state index is -0.950. The van der Waals surface area contributed by atoms with Crippen molar-refractivity contribution in [2.75, 3.05) is 0 Å². The number of benzene rings is 1. The van der Waals surface area contributed by atoms with Crippen molar-refractivity contribution in [3.63, 3.8) is 0 Å². The molecule has 3 nitrogen and oxygen atoms in total. The van der Waals surface area contributed by atoms with Gasteiger partial charge in [0.15, 0.2) is 0 Å². The molecule has 84 valence electrons. The van der Waals surface area contributed by atoms with E-state index in [1.807, 2.05) is 0 Å². The molecule has 0 radical (unpaired) electrons. The third kappa shape index (κ3) is 4.71. The lowest BCUT2D eigenvalue weighted by Crippen LogP contribution is -2.14. The van der Waals surface area contributed by atoms with Crippen LogP contribution in [0.5, 0.6) is 0 Å². The molecule has 0 aromatic heterocycles. The van der Waals surface area contributed by atoms with Crippen LogP contribution in [-0.2, 0) is 4.79 Å². The summed E-state index contributed by atoms with van der Waals surface area (Å²) in [5.41, 5.74) is 6.27. The quantitative estimate of drug-likeness (QED) is 0.887. The number of halogens is 3. The standard InChI is InChI=1S/C9H9Cl2NO2.ClH/c10-6-1-5(2-7(11)3-6)8(12)4-9(13)14;/h1-3,8H,4,12H2,(H,13,14);1H/t8-;/m1./s1. The van der Waals surface area contributed by atoms with Crippen molar-refractivity contribution >= 4 is 41.6 Å². The first-order chi connectivity index (χ1) is 6.49. The van der Waals surface area contributed by atoms with Gasteiger partial charge in [-0.2, -0.15) is 0 Å². The maximum absolute atomic E-state index is 10.4. The lowest BCUT2D eigenvalue weighted by atomic mass is 10.1. The largest absolute Gasteiger partial charge is 0.481 e. The lowest BCUT2D eigenvalue weighted by molar-refractivity contribution is -0.137. The SMILES string of the molecule is Cl.N[C@H](CC(=O)O)c1cc(Cl)cc(Cl)c1. The van der Waals surface area contributed by atoms with Crippen LogP contribution in [0.25, 0.3) is 0 Å². The Kier molecular flexibility index (Phi) is 5.98. The minimum Gasteiger partial charge on any atom is -0.481 e. The molecule has 3 N–H and O–H groups in total. The van der Waals surface area contributed by atoms with E-state index in [4.69, 9.17) is 34.0 Å². The number of rotatable bonds is 3. The molecule has 0 saturated heterocycles. The number of hydrogen-bond acceptors (Lipinski definition) is 2. The fourth-order valence-electron chi connectivity index (χ4n) is 1.10. The summed E-state index contributed by atoms with van der Waals surface area (Å²) in [6.45, 7) is 0. The third-order valence-corrected chi connectivity index (χ3v) is 2.14. The van der Waals surface area contributed by atoms with E-state index in [1.165, 1.54) is 0 Å². The second kappa shape index (κ2) is 6.18. The Bertz CT molecular complexity index is 337. The molecule has 0 fully saturated rings. The first kappa shape index (κ1) is 14.5. The molecule has 1 aromatic rings. The van der Waals surface area contributed by atoms with E-state index >= 15 is 0 Å². The maximum Gasteiger partial charge on any atom is 0.305 e. The van der Waals surface area contributed by atoms with Gasteiger partial charge in [-0.05, 0) is 23.8 Å². The fraction of sp³-hybridized carbons (Fsp3) is 0.222. The summed E-state index contributed by atoms with van der Waals surface area (Å²) in [7, 11) is 0. The molecule has 0 aliphatic rings. The Morgan fingerprint density at radius 2 is 1.80 bits per heavy atom. The first-order valence-corrected chi connectivity index (χ1v) is 4.68. The second-order valence-electron chi connectivity index (χ2n) is 2.91. The summed E-state index contributed by atoms with van der Waals surface area (Å²) < 4.78 is 0. The van der Waals surface area contributed by atoms with Gasteiger partial charge in [0.25, 0.3) is 0 Å². The Morgan fingerprint density at radius 3 is 2.20 bits per heavy atom. The zero-order valence-electron chi connectivity index (χ0n) is 7.61. The van der Waals surface area contributed by atoms with Crippen molar-refractivity contribution in [2.24, 2.45) is 5.73 Å². The van der Waals surface area contributed by atoms with Crippen LogP contribution in [-0.4, -0.2) is 11.1 Å². The van der Waals surface area contributed by atoms with Crippen LogP contribution in [0.15, 0.2) is 18.2 Å². The van der Waals surface area contributed by atoms with Gasteiger partial charge in [-0.3, -0.25) is 4.79 Å². The maximum atomic E-state index is 10.4. The van der Waals surface area contributed by atoms with Gasteiger partial charge < -0.3 is 10.8 Å². The number of aliphatic carboxylic acids is 1. The Labute approximate surface area is 104 Å². The Hall–Kier alpha value is -0.480. The predicted molar refractivity (Wildman–Crippen MR) is 62.9 cm³/mol. The van der Waals surface area contributed by atoms with Crippen molar-refractivity contribution in [1.82, 2.24) is 0 Å². The molecule has 1 rings (SSSR count). The average molecular weight is 271 g/mol. The number of nitrogens with two attached hydrogens (primary N) is 1. The molecular weight excluding hydrogens is 260 g/mol. The molecule has 0 aliphatic heterocycles. The number of carbonyl (C=O) groups is 1. The van der Waals surface area contributed by atoms with Crippen LogP contribution in [0, 0.1) is 0 Å². The topological polar surface area (TPSA) is 63.3 Å². The average Bonchev–Trinajstić information content (AvgIpc) is 2.00. The molecule has 0 amide bonds. The van der Waals surface area contributed by atoms with Gasteiger partial charge in [0.05, 0.1) is 6.42 Å². The van der Waals surface area contributed by atoms with Crippen LogP contribution >= 0.6 is 35.6 Å². The van der Waals surface area contributed by atoms with Crippen molar-refractivity contribution in [2.45, 2.75) is 12.5 Å². The van der Waals surface area contributed by atoms with E-state index in [2.05, 4.69) is 0 Å². The van der Waals surface area contributed by atoms with Gasteiger partial charge in [-0.15, -0.1) is 12.4 Å². The molecule has 0 aliphatic carbocycles. The molecule has 0 saturated carbocycles. The van der Waals surface area contributed by atoms with Crippen molar-refractivity contribution in [1.29, 1.82) is 0 Å².